The number of ether oxygens (including phenoxy) is 1. The molecule has 2 heterocycles. The Hall–Kier alpha value is -2.14. The van der Waals surface area contributed by atoms with Gasteiger partial charge in [0, 0.05) is 0 Å². The lowest BCUT2D eigenvalue weighted by Gasteiger charge is -2.12. The minimum absolute atomic E-state index is 0.152. The molecule has 0 spiro atoms. The molecule has 1 aromatic heterocycles. The molecule has 110 valence electrons. The number of rotatable bonds is 2. The van der Waals surface area contributed by atoms with Crippen LogP contribution in [0.1, 0.15) is 37.3 Å². The number of aromatic hydroxyl groups is 1. The van der Waals surface area contributed by atoms with Gasteiger partial charge in [0.1, 0.15) is 17.5 Å². The summed E-state index contributed by atoms with van der Waals surface area (Å²) in [7, 11) is 0. The summed E-state index contributed by atoms with van der Waals surface area (Å²) in [5.74, 6) is 0.153. The molecule has 0 saturated carbocycles. The van der Waals surface area contributed by atoms with Crippen molar-refractivity contribution in [1.82, 2.24) is 9.97 Å². The average molecular weight is 286 g/mol. The van der Waals surface area contributed by atoms with Gasteiger partial charge < -0.3 is 14.8 Å². The molecule has 1 aromatic carbocycles. The van der Waals surface area contributed by atoms with E-state index in [1.807, 2.05) is 32.0 Å². The molecular formula is C16H18N2O3. The fourth-order valence-electron chi connectivity index (χ4n) is 2.70. The summed E-state index contributed by atoms with van der Waals surface area (Å²) < 4.78 is 5.68. The van der Waals surface area contributed by atoms with Crippen molar-refractivity contribution in [3.05, 3.63) is 46.0 Å². The summed E-state index contributed by atoms with van der Waals surface area (Å²) in [4.78, 5) is 19.2. The Bertz CT molecular complexity index is 724. The molecule has 1 saturated heterocycles. The van der Waals surface area contributed by atoms with Gasteiger partial charge in [0.25, 0.3) is 5.56 Å². The number of H-pyrrole nitrogens is 1. The molecule has 2 atom stereocenters. The molecule has 5 heteroatoms. The fourth-order valence-corrected chi connectivity index (χ4v) is 2.70. The number of benzene rings is 1. The molecule has 2 unspecified atom stereocenters. The highest BCUT2D eigenvalue weighted by molar-refractivity contribution is 5.67. The van der Waals surface area contributed by atoms with Crippen LogP contribution in [0.5, 0.6) is 5.88 Å². The smallest absolute Gasteiger partial charge is 0.262 e. The van der Waals surface area contributed by atoms with Crippen molar-refractivity contribution in [1.29, 1.82) is 0 Å². The topological polar surface area (TPSA) is 75.2 Å². The summed E-state index contributed by atoms with van der Waals surface area (Å²) in [5.41, 5.74) is 1.54. The second-order valence-electron chi connectivity index (χ2n) is 5.53. The van der Waals surface area contributed by atoms with Crippen LogP contribution in [0, 0.1) is 6.92 Å². The van der Waals surface area contributed by atoms with Gasteiger partial charge in [-0.2, -0.15) is 4.98 Å². The molecule has 5 nitrogen and oxygen atoms in total. The lowest BCUT2D eigenvalue weighted by molar-refractivity contribution is 0.0498. The van der Waals surface area contributed by atoms with Crippen molar-refractivity contribution >= 4 is 0 Å². The maximum Gasteiger partial charge on any atom is 0.262 e. The van der Waals surface area contributed by atoms with E-state index in [4.69, 9.17) is 4.74 Å². The first-order valence-electron chi connectivity index (χ1n) is 7.10. The van der Waals surface area contributed by atoms with Crippen LogP contribution in [0.25, 0.3) is 11.1 Å². The standard InChI is InChI=1S/C16H18N2O3/c1-9-4-3-5-11(8-9)13-15(19)17-14(18-16(13)20)12-7-6-10(2)21-12/h3-5,8,10,12H,6-7H2,1-2H3,(H2,17,18,19,20). The third-order valence-corrected chi connectivity index (χ3v) is 3.76. The summed E-state index contributed by atoms with van der Waals surface area (Å²) in [6, 6.07) is 7.41. The van der Waals surface area contributed by atoms with Crippen LogP contribution < -0.4 is 5.56 Å². The van der Waals surface area contributed by atoms with E-state index in [2.05, 4.69) is 9.97 Å². The van der Waals surface area contributed by atoms with Crippen molar-refractivity contribution < 1.29 is 9.84 Å². The quantitative estimate of drug-likeness (QED) is 0.890. The van der Waals surface area contributed by atoms with Crippen LogP contribution in [0.2, 0.25) is 0 Å². The van der Waals surface area contributed by atoms with Gasteiger partial charge in [0.05, 0.1) is 6.10 Å². The number of hydrogen-bond acceptors (Lipinski definition) is 4. The van der Waals surface area contributed by atoms with Gasteiger partial charge in [-0.25, -0.2) is 0 Å². The molecule has 1 aliphatic heterocycles. The van der Waals surface area contributed by atoms with Crippen LogP contribution in [-0.2, 0) is 4.74 Å². The summed E-state index contributed by atoms with van der Waals surface area (Å²) >= 11 is 0. The summed E-state index contributed by atoms with van der Waals surface area (Å²) in [5, 5.41) is 10.2. The van der Waals surface area contributed by atoms with Crippen LogP contribution in [0.3, 0.4) is 0 Å². The largest absolute Gasteiger partial charge is 0.493 e. The van der Waals surface area contributed by atoms with Gasteiger partial charge in [-0.3, -0.25) is 4.79 Å². The molecule has 0 amide bonds. The number of aromatic nitrogens is 2. The maximum atomic E-state index is 12.3. The van der Waals surface area contributed by atoms with Gasteiger partial charge in [0.2, 0.25) is 5.88 Å². The molecule has 21 heavy (non-hydrogen) atoms. The molecule has 1 fully saturated rings. The Balaban J connectivity index is 2.03. The molecule has 2 aromatic rings. The van der Waals surface area contributed by atoms with Gasteiger partial charge in [-0.05, 0) is 32.3 Å². The van der Waals surface area contributed by atoms with E-state index >= 15 is 0 Å². The fraction of sp³-hybridized carbons (Fsp3) is 0.375. The first-order valence-corrected chi connectivity index (χ1v) is 7.10. The molecule has 0 bridgehead atoms. The lowest BCUT2D eigenvalue weighted by atomic mass is 10.1. The van der Waals surface area contributed by atoms with E-state index in [1.165, 1.54) is 0 Å². The zero-order valence-corrected chi connectivity index (χ0v) is 12.1. The Morgan fingerprint density at radius 3 is 2.81 bits per heavy atom. The molecule has 1 aliphatic rings. The highest BCUT2D eigenvalue weighted by Gasteiger charge is 2.26. The Labute approximate surface area is 122 Å². The second kappa shape index (κ2) is 5.33. The minimum Gasteiger partial charge on any atom is -0.493 e. The van der Waals surface area contributed by atoms with E-state index in [9.17, 15) is 9.90 Å². The minimum atomic E-state index is -0.341. The molecule has 0 aliphatic carbocycles. The number of nitrogens with zero attached hydrogens (tertiary/aromatic N) is 1. The molecule has 2 N–H and O–H groups in total. The van der Waals surface area contributed by atoms with Crippen molar-refractivity contribution in [3.8, 4) is 17.0 Å². The van der Waals surface area contributed by atoms with Gasteiger partial charge in [0.15, 0.2) is 0 Å². The van der Waals surface area contributed by atoms with Crippen LogP contribution in [0.4, 0.5) is 0 Å². The normalized spacial score (nSPS) is 21.6. The van der Waals surface area contributed by atoms with E-state index < -0.39 is 0 Å². The third-order valence-electron chi connectivity index (χ3n) is 3.76. The predicted molar refractivity (Wildman–Crippen MR) is 79.2 cm³/mol. The second-order valence-corrected chi connectivity index (χ2v) is 5.53. The Kier molecular flexibility index (Phi) is 3.51. The van der Waals surface area contributed by atoms with E-state index in [0.717, 1.165) is 18.4 Å². The summed E-state index contributed by atoms with van der Waals surface area (Å²) in [6.45, 7) is 3.92. The first-order chi connectivity index (χ1) is 10.0. The van der Waals surface area contributed by atoms with Crippen LogP contribution in [0.15, 0.2) is 29.1 Å². The highest BCUT2D eigenvalue weighted by atomic mass is 16.5. The van der Waals surface area contributed by atoms with E-state index in [-0.39, 0.29) is 29.2 Å². The maximum absolute atomic E-state index is 12.3. The zero-order valence-electron chi connectivity index (χ0n) is 12.1. The number of nitrogens with one attached hydrogen (secondary N) is 1. The first kappa shape index (κ1) is 13.8. The van der Waals surface area contributed by atoms with Gasteiger partial charge >= 0.3 is 0 Å². The van der Waals surface area contributed by atoms with Crippen LogP contribution in [-0.4, -0.2) is 21.2 Å². The van der Waals surface area contributed by atoms with Crippen LogP contribution >= 0.6 is 0 Å². The third kappa shape index (κ3) is 2.69. The number of hydrogen-bond donors (Lipinski definition) is 2. The average Bonchev–Trinajstić information content (AvgIpc) is 2.85. The Morgan fingerprint density at radius 1 is 1.38 bits per heavy atom. The van der Waals surface area contributed by atoms with Crippen molar-refractivity contribution in [3.63, 3.8) is 0 Å². The van der Waals surface area contributed by atoms with Crippen molar-refractivity contribution in [2.75, 3.05) is 0 Å². The molecule has 3 rings (SSSR count). The monoisotopic (exact) mass is 286 g/mol. The van der Waals surface area contributed by atoms with E-state index in [1.54, 1.807) is 6.07 Å². The van der Waals surface area contributed by atoms with Gasteiger partial charge in [-0.1, -0.05) is 29.8 Å². The van der Waals surface area contributed by atoms with Gasteiger partial charge in [-0.15, -0.1) is 0 Å². The van der Waals surface area contributed by atoms with Crippen molar-refractivity contribution in [2.45, 2.75) is 38.9 Å². The molecular weight excluding hydrogens is 268 g/mol. The number of aryl methyl sites for hydroxylation is 1. The van der Waals surface area contributed by atoms with E-state index in [0.29, 0.717) is 11.4 Å². The zero-order chi connectivity index (χ0) is 15.0. The predicted octanol–water partition coefficient (Wildman–Crippen LogP) is 2.69. The Morgan fingerprint density at radius 2 is 2.19 bits per heavy atom. The van der Waals surface area contributed by atoms with Crippen molar-refractivity contribution in [2.24, 2.45) is 0 Å². The SMILES string of the molecule is Cc1cccc(-c2c(O)nc(C3CCC(C)O3)[nH]c2=O)c1. The summed E-state index contributed by atoms with van der Waals surface area (Å²) in [6.07, 6.45) is 1.63. The number of aromatic amines is 1. The highest BCUT2D eigenvalue weighted by Crippen LogP contribution is 2.32. The lowest BCUT2D eigenvalue weighted by Crippen LogP contribution is -2.16. The molecule has 0 radical (unpaired) electrons.